The molecule has 0 radical (unpaired) electrons. The monoisotopic (exact) mass is 383 g/mol. The van der Waals surface area contributed by atoms with Gasteiger partial charge in [-0.05, 0) is 24.3 Å². The standard InChI is InChI=1S/C18H20F3N3O3/c1-25-12-7-8-16(26-2)14(11-12)24-17(22)23-9-10-27-15-6-4-3-5-13(15)18(19,20)21/h3-8,11H,9-10H2,1-2H3,(H3,22,23,24). The Morgan fingerprint density at radius 2 is 1.81 bits per heavy atom. The van der Waals surface area contributed by atoms with Crippen LogP contribution in [0.3, 0.4) is 0 Å². The van der Waals surface area contributed by atoms with Crippen molar-refractivity contribution in [1.29, 1.82) is 0 Å². The molecule has 0 saturated carbocycles. The first kappa shape index (κ1) is 20.2. The van der Waals surface area contributed by atoms with Gasteiger partial charge in [-0.25, -0.2) is 4.99 Å². The molecule has 0 atom stereocenters. The van der Waals surface area contributed by atoms with E-state index in [2.05, 4.69) is 10.3 Å². The lowest BCUT2D eigenvalue weighted by atomic mass is 10.2. The molecule has 0 aliphatic carbocycles. The maximum Gasteiger partial charge on any atom is 0.419 e. The zero-order valence-corrected chi connectivity index (χ0v) is 14.8. The smallest absolute Gasteiger partial charge is 0.419 e. The molecule has 0 unspecified atom stereocenters. The van der Waals surface area contributed by atoms with E-state index in [-0.39, 0.29) is 24.9 Å². The van der Waals surface area contributed by atoms with Gasteiger partial charge in [-0.15, -0.1) is 0 Å². The molecule has 2 aromatic carbocycles. The quantitative estimate of drug-likeness (QED) is 0.435. The van der Waals surface area contributed by atoms with E-state index in [1.807, 2.05) is 0 Å². The Hall–Kier alpha value is -3.10. The Kier molecular flexibility index (Phi) is 6.75. The first-order valence-electron chi connectivity index (χ1n) is 7.93. The second kappa shape index (κ2) is 9.02. The minimum atomic E-state index is -4.48. The van der Waals surface area contributed by atoms with Crippen LogP contribution in [0.1, 0.15) is 5.56 Å². The van der Waals surface area contributed by atoms with Crippen LogP contribution in [0, 0.1) is 0 Å². The molecule has 0 saturated heterocycles. The van der Waals surface area contributed by atoms with E-state index in [4.69, 9.17) is 19.9 Å². The third kappa shape index (κ3) is 5.70. The van der Waals surface area contributed by atoms with E-state index in [1.165, 1.54) is 32.4 Å². The molecule has 6 nitrogen and oxygen atoms in total. The molecule has 27 heavy (non-hydrogen) atoms. The predicted molar refractivity (Wildman–Crippen MR) is 96.6 cm³/mol. The van der Waals surface area contributed by atoms with Gasteiger partial charge in [-0.3, -0.25) is 0 Å². The fraction of sp³-hybridized carbons (Fsp3) is 0.278. The van der Waals surface area contributed by atoms with Gasteiger partial charge in [0.25, 0.3) is 0 Å². The summed E-state index contributed by atoms with van der Waals surface area (Å²) in [5.41, 5.74) is 5.52. The lowest BCUT2D eigenvalue weighted by Gasteiger charge is -2.13. The Labute approximate surface area is 154 Å². The summed E-state index contributed by atoms with van der Waals surface area (Å²) >= 11 is 0. The molecule has 0 aliphatic rings. The fourth-order valence-electron chi connectivity index (χ4n) is 2.24. The van der Waals surface area contributed by atoms with E-state index in [0.29, 0.717) is 17.2 Å². The van der Waals surface area contributed by atoms with Crippen molar-refractivity contribution in [2.45, 2.75) is 6.18 Å². The number of nitrogens with two attached hydrogens (primary N) is 1. The van der Waals surface area contributed by atoms with E-state index >= 15 is 0 Å². The molecular formula is C18H20F3N3O3. The number of alkyl halides is 3. The molecule has 0 aromatic heterocycles. The van der Waals surface area contributed by atoms with Crippen molar-refractivity contribution in [3.05, 3.63) is 48.0 Å². The second-order valence-electron chi connectivity index (χ2n) is 5.30. The number of aliphatic imine (C=N–C) groups is 1. The Morgan fingerprint density at radius 3 is 2.48 bits per heavy atom. The lowest BCUT2D eigenvalue weighted by molar-refractivity contribution is -0.138. The average Bonchev–Trinajstić information content (AvgIpc) is 2.64. The Bertz CT molecular complexity index is 795. The highest BCUT2D eigenvalue weighted by molar-refractivity contribution is 5.94. The molecule has 3 N–H and O–H groups in total. The molecule has 146 valence electrons. The molecule has 0 fully saturated rings. The maximum atomic E-state index is 12.9. The van der Waals surface area contributed by atoms with Gasteiger partial charge in [-0.2, -0.15) is 13.2 Å². The highest BCUT2D eigenvalue weighted by Gasteiger charge is 2.33. The van der Waals surface area contributed by atoms with Gasteiger partial charge in [0.2, 0.25) is 0 Å². The average molecular weight is 383 g/mol. The van der Waals surface area contributed by atoms with E-state index in [0.717, 1.165) is 6.07 Å². The van der Waals surface area contributed by atoms with Crippen LogP contribution in [0.15, 0.2) is 47.5 Å². The van der Waals surface area contributed by atoms with Crippen LogP contribution in [0.2, 0.25) is 0 Å². The van der Waals surface area contributed by atoms with Crippen LogP contribution in [0.25, 0.3) is 0 Å². The molecule has 0 aliphatic heterocycles. The van der Waals surface area contributed by atoms with Crippen molar-refractivity contribution < 1.29 is 27.4 Å². The highest BCUT2D eigenvalue weighted by atomic mass is 19.4. The molecular weight excluding hydrogens is 363 g/mol. The summed E-state index contributed by atoms with van der Waals surface area (Å²) in [7, 11) is 3.03. The van der Waals surface area contributed by atoms with E-state index in [9.17, 15) is 13.2 Å². The Morgan fingerprint density at radius 1 is 1.07 bits per heavy atom. The van der Waals surface area contributed by atoms with E-state index < -0.39 is 11.7 Å². The van der Waals surface area contributed by atoms with Crippen LogP contribution < -0.4 is 25.3 Å². The number of benzene rings is 2. The first-order valence-corrected chi connectivity index (χ1v) is 7.93. The first-order chi connectivity index (χ1) is 12.8. The summed E-state index contributed by atoms with van der Waals surface area (Å²) in [6, 6.07) is 10.1. The minimum absolute atomic E-state index is 0.0641. The van der Waals surface area contributed by atoms with Crippen LogP contribution >= 0.6 is 0 Å². The molecule has 9 heteroatoms. The number of rotatable bonds is 7. The molecule has 2 rings (SSSR count). The van der Waals surface area contributed by atoms with Crippen molar-refractivity contribution >= 4 is 11.6 Å². The normalized spacial score (nSPS) is 11.8. The molecule has 0 heterocycles. The summed E-state index contributed by atoms with van der Waals surface area (Å²) in [6.45, 7) is 0.00201. The van der Waals surface area contributed by atoms with Gasteiger partial charge in [0.1, 0.15) is 23.9 Å². The third-order valence-electron chi connectivity index (χ3n) is 3.49. The zero-order valence-electron chi connectivity index (χ0n) is 14.8. The number of nitrogens with one attached hydrogen (secondary N) is 1. The number of para-hydroxylation sites is 1. The highest BCUT2D eigenvalue weighted by Crippen LogP contribution is 2.35. The SMILES string of the molecule is COc1ccc(OC)c(NC(N)=NCCOc2ccccc2C(F)(F)F)c1. The van der Waals surface area contributed by atoms with Gasteiger partial charge in [0.15, 0.2) is 5.96 Å². The van der Waals surface area contributed by atoms with Crippen LogP contribution in [-0.2, 0) is 6.18 Å². The number of hydrogen-bond acceptors (Lipinski definition) is 4. The minimum Gasteiger partial charge on any atom is -0.497 e. The summed E-state index contributed by atoms with van der Waals surface area (Å²) in [5, 5.41) is 2.86. The summed E-state index contributed by atoms with van der Waals surface area (Å²) in [6.07, 6.45) is -4.48. The molecule has 2 aromatic rings. The van der Waals surface area contributed by atoms with Crippen LogP contribution in [0.5, 0.6) is 17.2 Å². The largest absolute Gasteiger partial charge is 0.497 e. The summed E-state index contributed by atoms with van der Waals surface area (Å²) in [4.78, 5) is 4.04. The van der Waals surface area contributed by atoms with Gasteiger partial charge in [-0.1, -0.05) is 12.1 Å². The van der Waals surface area contributed by atoms with Crippen molar-refractivity contribution in [3.8, 4) is 17.2 Å². The topological polar surface area (TPSA) is 78.1 Å². The molecule has 0 amide bonds. The number of methoxy groups -OCH3 is 2. The van der Waals surface area contributed by atoms with Crippen LogP contribution in [-0.4, -0.2) is 33.3 Å². The molecule has 0 spiro atoms. The lowest BCUT2D eigenvalue weighted by Crippen LogP contribution is -2.24. The van der Waals surface area contributed by atoms with Crippen LogP contribution in [0.4, 0.5) is 18.9 Å². The number of nitrogens with zero attached hydrogens (tertiary/aromatic N) is 1. The second-order valence-corrected chi connectivity index (χ2v) is 5.30. The maximum absolute atomic E-state index is 12.9. The number of hydrogen-bond donors (Lipinski definition) is 2. The number of halogens is 3. The summed E-state index contributed by atoms with van der Waals surface area (Å²) in [5.74, 6) is 0.943. The predicted octanol–water partition coefficient (Wildman–Crippen LogP) is 3.53. The molecule has 0 bridgehead atoms. The van der Waals surface area contributed by atoms with E-state index in [1.54, 1.807) is 18.2 Å². The zero-order chi connectivity index (χ0) is 19.9. The van der Waals surface area contributed by atoms with Gasteiger partial charge >= 0.3 is 6.18 Å². The number of ether oxygens (including phenoxy) is 3. The fourth-order valence-corrected chi connectivity index (χ4v) is 2.24. The van der Waals surface area contributed by atoms with Gasteiger partial charge < -0.3 is 25.3 Å². The number of anilines is 1. The Balaban J connectivity index is 1.96. The van der Waals surface area contributed by atoms with Crippen molar-refractivity contribution in [2.24, 2.45) is 10.7 Å². The van der Waals surface area contributed by atoms with Crippen molar-refractivity contribution in [1.82, 2.24) is 0 Å². The van der Waals surface area contributed by atoms with Gasteiger partial charge in [0.05, 0.1) is 32.0 Å². The van der Waals surface area contributed by atoms with Gasteiger partial charge in [0, 0.05) is 6.07 Å². The van der Waals surface area contributed by atoms with Crippen molar-refractivity contribution in [2.75, 3.05) is 32.7 Å². The summed E-state index contributed by atoms with van der Waals surface area (Å²) < 4.78 is 54.2. The third-order valence-corrected chi connectivity index (χ3v) is 3.49. The van der Waals surface area contributed by atoms with Crippen molar-refractivity contribution in [3.63, 3.8) is 0 Å². The number of guanidine groups is 1.